The van der Waals surface area contributed by atoms with Crippen molar-refractivity contribution in [3.63, 3.8) is 0 Å². The fourth-order valence-electron chi connectivity index (χ4n) is 37.0. The Morgan fingerprint density at radius 3 is 0.896 bits per heavy atom. The first-order valence-electron chi connectivity index (χ1n) is 53.3. The van der Waals surface area contributed by atoms with Gasteiger partial charge in [-0.2, -0.15) is 0 Å². The number of carbonyl (C=O) groups is 4. The van der Waals surface area contributed by atoms with Crippen LogP contribution in [0.3, 0.4) is 0 Å². The van der Waals surface area contributed by atoms with Gasteiger partial charge in [0.2, 0.25) is 0 Å². The van der Waals surface area contributed by atoms with Crippen molar-refractivity contribution in [3.8, 4) is 0 Å². The normalized spacial score (nSPS) is 49.4. The number of nitrogens with zero attached hydrogens (tertiary/aromatic N) is 6. The highest BCUT2D eigenvalue weighted by Crippen LogP contribution is 2.70. The molecule has 3 unspecified atom stereocenters. The summed E-state index contributed by atoms with van der Waals surface area (Å²) in [5.74, 6) is 25.5. The Morgan fingerprint density at radius 1 is 0.336 bits per heavy atom. The molecule has 16 nitrogen and oxygen atoms in total. The van der Waals surface area contributed by atoms with E-state index in [0.29, 0.717) is 73.0 Å². The van der Waals surface area contributed by atoms with Crippen molar-refractivity contribution in [2.45, 2.75) is 342 Å². The molecule has 0 radical (unpaired) electrons. The quantitative estimate of drug-likeness (QED) is 0.0970. The number of hydrogen-bond donors (Lipinski definition) is 5. The van der Waals surface area contributed by atoms with Crippen molar-refractivity contribution >= 4 is 38.7 Å². The number of Topliss-reactive ketones (excluding diaryl/α,β-unsaturated/α-hetero) is 4. The van der Waals surface area contributed by atoms with Gasteiger partial charge in [-0.15, -0.1) is 0 Å². The van der Waals surface area contributed by atoms with Crippen molar-refractivity contribution in [1.82, 2.24) is 34.1 Å². The third kappa shape index (κ3) is 19.3. The fourth-order valence-corrected chi connectivity index (χ4v) is 37.9. The summed E-state index contributed by atoms with van der Waals surface area (Å²) in [4.78, 5) is 65.8. The van der Waals surface area contributed by atoms with E-state index in [0.717, 1.165) is 280 Å². The number of fused-ring (bicyclic) bond motifs is 20. The smallest absolute Gasteiger partial charge is 0.150 e. The molecule has 0 amide bonds. The molecule has 0 spiro atoms. The molecule has 35 atom stereocenters. The summed E-state index contributed by atoms with van der Waals surface area (Å²) in [7, 11) is -0.213. The fraction of sp³-hybridized carbons (Fsp3) is 0.935. The van der Waals surface area contributed by atoms with Crippen LogP contribution >= 0.6 is 0 Å². The molecular weight excluding hydrogens is 1570 g/mol. The van der Waals surface area contributed by atoms with E-state index < -0.39 is 32.1 Å². The molecule has 708 valence electrons. The molecule has 0 bridgehead atoms. The first kappa shape index (κ1) is 94.4. The zero-order valence-corrected chi connectivity index (χ0v) is 82.1. The molecule has 0 aromatic rings. The number of aliphatic hydroxyl groups is 4. The highest BCUT2D eigenvalue weighted by atomic mass is 32.2. The maximum Gasteiger partial charge on any atom is 0.150 e. The highest BCUT2D eigenvalue weighted by molar-refractivity contribution is 7.97. The van der Waals surface area contributed by atoms with Gasteiger partial charge in [-0.25, -0.2) is 4.31 Å². The Bertz CT molecular complexity index is 3900. The van der Waals surface area contributed by atoms with E-state index in [1.165, 1.54) is 173 Å². The number of nitrogens with one attached hydrogen (secondary N) is 1. The van der Waals surface area contributed by atoms with Crippen LogP contribution in [0.15, 0.2) is 12.4 Å². The van der Waals surface area contributed by atoms with Crippen LogP contribution < -0.4 is 5.32 Å². The summed E-state index contributed by atoms with van der Waals surface area (Å²) in [5, 5.41) is 45.6. The van der Waals surface area contributed by atoms with E-state index in [1.807, 2.05) is 18.3 Å². The summed E-state index contributed by atoms with van der Waals surface area (Å²) in [5.41, 5.74) is -0.819. The van der Waals surface area contributed by atoms with Crippen LogP contribution in [0.4, 0.5) is 0 Å². The summed E-state index contributed by atoms with van der Waals surface area (Å²) in [6, 6.07) is 0. The summed E-state index contributed by atoms with van der Waals surface area (Å²) < 4.78 is 14.2. The molecule has 20 fully saturated rings. The minimum absolute atomic E-state index is 0.179. The average Bonchev–Trinajstić information content (AvgIpc) is 1.64. The zero-order chi connectivity index (χ0) is 88.5. The summed E-state index contributed by atoms with van der Waals surface area (Å²) >= 11 is 0. The van der Waals surface area contributed by atoms with E-state index in [-0.39, 0.29) is 33.5 Å². The average molecular weight is 1750 g/mol. The molecule has 0 aromatic heterocycles. The lowest BCUT2D eigenvalue weighted by atomic mass is 9.49. The Kier molecular flexibility index (Phi) is 28.0. The van der Waals surface area contributed by atoms with Gasteiger partial charge >= 0.3 is 0 Å². The first-order valence-corrected chi connectivity index (χ1v) is 55.4. The second-order valence-electron chi connectivity index (χ2n) is 51.0. The number of piperazine rings is 2. The number of rotatable bonds is 15. The summed E-state index contributed by atoms with van der Waals surface area (Å²) in [6.45, 7) is 40.9. The standard InChI is InChI=1S/C28H47N3O2.C27H46N2O3S.C27H45NO2.C26H43NO2/c1-19(29-4)31-15-13-30(14-16-31)18-26(32)25-8-7-24-23-6-5-20-17-27(2,33)11-9-21(20)22(23)10-12-28(24,25)3;1-26(31)11-9-20-19(17-26)5-6-22-21(20)10-12-27(2)23(22)7-8-24(27)25(30)18-28-13-15-29(16-14-28)33(3,4)32;1-18-5-4-14-28(16-18)17-25(29)24-9-8-23-22-7-6-19-15-26(2,30)12-10-20(19)21(22)11-13-27(23,24)3;1-17-10-13-27(15-17)16-24(28)23-7-6-22-21-5-4-18-14-25(2,29)11-8-19(18)20(21)9-12-26(22,23)3/h20-25,29,33H,1,5-18H2,2-4H3;19-24,31H,3,5-18H2,1-2,4H3;18-24,30H,4-17H2,1-3H3;17-23,29H,4-16H2,1-3H3/t20-,21+,22-,23-,24+,25-,27-,28+;19-,20+,21-,22-,23+,24-,26-,27+,33?;18?,19-,20+,21-,22-,23+,24-,26-,27+;17?,18-,19-,20+,21+,22-,23+,25+,26-/m1110/s1. The molecule has 20 rings (SSSR count). The topological polar surface area (TPSA) is 198 Å². The highest BCUT2D eigenvalue weighted by Gasteiger charge is 2.65. The van der Waals surface area contributed by atoms with Crippen LogP contribution in [0.5, 0.6) is 0 Å². The van der Waals surface area contributed by atoms with E-state index in [1.54, 1.807) is 6.26 Å². The van der Waals surface area contributed by atoms with Crippen LogP contribution in [-0.4, -0.2) is 223 Å². The molecule has 5 N–H and O–H groups in total. The van der Waals surface area contributed by atoms with Crippen molar-refractivity contribution in [3.05, 3.63) is 12.4 Å². The summed E-state index contributed by atoms with van der Waals surface area (Å²) in [6.07, 6.45) is 48.9. The third-order valence-electron chi connectivity index (χ3n) is 43.2. The molecule has 4 aliphatic heterocycles. The van der Waals surface area contributed by atoms with Crippen molar-refractivity contribution < 1.29 is 43.8 Å². The molecule has 16 saturated carbocycles. The van der Waals surface area contributed by atoms with Gasteiger partial charge in [0, 0.05) is 112 Å². The number of likely N-dealkylation sites (tertiary alicyclic amines) is 2. The second-order valence-corrected chi connectivity index (χ2v) is 53.4. The Balaban J connectivity index is 0.000000118. The lowest BCUT2D eigenvalue weighted by Crippen LogP contribution is -2.52. The number of carbonyl (C=O) groups excluding carboxylic acids is 4. The van der Waals surface area contributed by atoms with Gasteiger partial charge in [0.1, 0.15) is 23.1 Å². The minimum atomic E-state index is -2.14. The predicted octanol–water partition coefficient (Wildman–Crippen LogP) is 17.6. The minimum Gasteiger partial charge on any atom is -0.390 e. The molecule has 16 aliphatic carbocycles. The lowest BCUT2D eigenvalue weighted by Gasteiger charge is -2.57. The van der Waals surface area contributed by atoms with Gasteiger partial charge in [-0.3, -0.25) is 43.0 Å². The lowest BCUT2D eigenvalue weighted by molar-refractivity contribution is -0.134. The first-order chi connectivity index (χ1) is 59.2. The van der Waals surface area contributed by atoms with Crippen LogP contribution in [0.2, 0.25) is 0 Å². The Labute approximate surface area is 760 Å². The van der Waals surface area contributed by atoms with E-state index in [4.69, 9.17) is 0 Å². The van der Waals surface area contributed by atoms with E-state index in [9.17, 15) is 43.8 Å². The molecule has 4 heterocycles. The molecule has 4 saturated heterocycles. The molecule has 0 aromatic carbocycles. The monoisotopic (exact) mass is 1750 g/mol. The second kappa shape index (κ2) is 37.1. The van der Waals surface area contributed by atoms with Crippen LogP contribution in [-0.2, 0) is 28.9 Å². The van der Waals surface area contributed by atoms with Crippen molar-refractivity contribution in [2.24, 2.45) is 176 Å². The SMILES string of the molecule is C=C(NC)N1CCN(CC(=O)[C@H]2CC[C@H]3[C@@H]4CC[C@@H]5C[C@](C)(O)CC[C@@H]5[C@H]4CC[C@]23C)CC1.C=S(C)(=O)N1CCN(CC(=O)[C@H]2CC[C@H]3[C@@H]4CC[C@@H]5C[C@](C)(O)CC[C@@H]5[C@H]4CC[C@]23C)CC1.CC1CCCN(CC(=O)[C@H]2CC[C@H]3[C@@H]4CC[C@@H]5C[C@](C)(O)CC[C@@H]5[C@H]4CC[C@]23C)C1.CC1CCN(CC(=O)[C@H]2CC[C@H]3[C@@H]4CC[C@H]5C[C@](C)(O)CC[C@@H]5[C@H]4CC[C@]23C)C1. The van der Waals surface area contributed by atoms with Gasteiger partial charge in [0.25, 0.3) is 0 Å². The number of ketones is 4. The molecule has 17 heteroatoms. The number of piperidine rings is 1. The van der Waals surface area contributed by atoms with Crippen LogP contribution in [0.25, 0.3) is 0 Å². The largest absolute Gasteiger partial charge is 0.390 e. The number of hydrogen-bond acceptors (Lipinski definition) is 15. The third-order valence-corrected chi connectivity index (χ3v) is 44.6. The zero-order valence-electron chi connectivity index (χ0n) is 81.2. The van der Waals surface area contributed by atoms with Gasteiger partial charge < -0.3 is 30.6 Å². The van der Waals surface area contributed by atoms with Crippen molar-refractivity contribution in [1.29, 1.82) is 0 Å². The maximum absolute atomic E-state index is 13.6. The van der Waals surface area contributed by atoms with Crippen LogP contribution in [0, 0.1) is 176 Å². The molecular formula is C108H181N7O9S. The van der Waals surface area contributed by atoms with Gasteiger partial charge in [0.05, 0.1) is 54.4 Å². The maximum atomic E-state index is 13.6. The van der Waals surface area contributed by atoms with Crippen molar-refractivity contribution in [2.75, 3.05) is 118 Å². The van der Waals surface area contributed by atoms with Crippen LogP contribution in [0.1, 0.15) is 320 Å². The molecule has 20 aliphatic rings. The van der Waals surface area contributed by atoms with Gasteiger partial charge in [0.15, 0.2) is 0 Å². The predicted molar refractivity (Wildman–Crippen MR) is 505 cm³/mol. The molecule has 125 heavy (non-hydrogen) atoms. The van der Waals surface area contributed by atoms with E-state index in [2.05, 4.69) is 105 Å². The van der Waals surface area contributed by atoms with Gasteiger partial charge in [-0.05, 0) is 449 Å². The Hall–Kier alpha value is -2.32. The van der Waals surface area contributed by atoms with Gasteiger partial charge in [-0.1, -0.05) is 48.1 Å². The Morgan fingerprint density at radius 2 is 0.616 bits per heavy atom. The van der Waals surface area contributed by atoms with E-state index >= 15 is 0 Å².